The van der Waals surface area contributed by atoms with Gasteiger partial charge in [-0.15, -0.1) is 0 Å². The lowest BCUT2D eigenvalue weighted by atomic mass is 9.69. The Balaban J connectivity index is 1.91. The molecule has 1 amide bonds. The normalized spacial score (nSPS) is 21.4. The second kappa shape index (κ2) is 7.46. The van der Waals surface area contributed by atoms with E-state index < -0.39 is 0 Å². The molecule has 150 valence electrons. The third kappa shape index (κ3) is 3.84. The van der Waals surface area contributed by atoms with Crippen molar-refractivity contribution < 1.29 is 9.59 Å². The van der Waals surface area contributed by atoms with Crippen LogP contribution in [0, 0.1) is 5.41 Å². The molecule has 1 atom stereocenters. The van der Waals surface area contributed by atoms with Crippen molar-refractivity contribution in [3.8, 4) is 0 Å². The highest BCUT2D eigenvalue weighted by atomic mass is 35.5. The van der Waals surface area contributed by atoms with Gasteiger partial charge >= 0.3 is 0 Å². The smallest absolute Gasteiger partial charge is 0.232 e. The van der Waals surface area contributed by atoms with E-state index in [1.165, 1.54) is 0 Å². The summed E-state index contributed by atoms with van der Waals surface area (Å²) in [5.74, 6) is -0.280. The first kappa shape index (κ1) is 20.5. The largest absolute Gasteiger partial charge is 0.294 e. The highest BCUT2D eigenvalue weighted by molar-refractivity contribution is 6.37. The molecule has 1 heterocycles. The monoisotopic (exact) mass is 447 g/mol. The van der Waals surface area contributed by atoms with Crippen LogP contribution in [0.2, 0.25) is 15.1 Å². The molecule has 0 spiro atoms. The van der Waals surface area contributed by atoms with E-state index in [9.17, 15) is 9.59 Å². The van der Waals surface area contributed by atoms with Gasteiger partial charge in [0.2, 0.25) is 5.91 Å². The highest BCUT2D eigenvalue weighted by Gasteiger charge is 2.44. The van der Waals surface area contributed by atoms with Crippen LogP contribution in [0.4, 0.5) is 5.69 Å². The van der Waals surface area contributed by atoms with Gasteiger partial charge in [0.05, 0.1) is 10.7 Å². The molecule has 1 unspecified atom stereocenters. The molecule has 0 N–H and O–H groups in total. The van der Waals surface area contributed by atoms with Crippen LogP contribution in [0.15, 0.2) is 53.7 Å². The molecule has 0 bridgehead atoms. The van der Waals surface area contributed by atoms with Crippen molar-refractivity contribution in [1.29, 1.82) is 0 Å². The number of benzene rings is 2. The van der Waals surface area contributed by atoms with Crippen molar-refractivity contribution in [2.24, 2.45) is 5.41 Å². The van der Waals surface area contributed by atoms with E-state index in [1.807, 2.05) is 26.0 Å². The zero-order valence-corrected chi connectivity index (χ0v) is 18.4. The van der Waals surface area contributed by atoms with Gasteiger partial charge in [-0.05, 0) is 47.7 Å². The third-order valence-corrected chi connectivity index (χ3v) is 6.36. The van der Waals surface area contributed by atoms with E-state index in [-0.39, 0.29) is 29.4 Å². The third-order valence-electron chi connectivity index (χ3n) is 5.57. The summed E-state index contributed by atoms with van der Waals surface area (Å²) in [5.41, 5.74) is 2.69. The van der Waals surface area contributed by atoms with Gasteiger partial charge < -0.3 is 0 Å². The first-order valence-corrected chi connectivity index (χ1v) is 10.6. The maximum atomic E-state index is 13.3. The van der Waals surface area contributed by atoms with E-state index in [0.717, 1.165) is 11.3 Å². The molecular formula is C23H20Cl3NO2. The minimum Gasteiger partial charge on any atom is -0.294 e. The van der Waals surface area contributed by atoms with E-state index >= 15 is 0 Å². The predicted octanol–water partition coefficient (Wildman–Crippen LogP) is 6.81. The molecule has 29 heavy (non-hydrogen) atoms. The number of amides is 1. The second-order valence-electron chi connectivity index (χ2n) is 8.43. The molecule has 0 saturated carbocycles. The molecule has 3 nitrogen and oxygen atoms in total. The van der Waals surface area contributed by atoms with Crippen LogP contribution in [-0.2, 0) is 9.59 Å². The van der Waals surface area contributed by atoms with Crippen molar-refractivity contribution in [2.75, 3.05) is 4.90 Å². The lowest BCUT2D eigenvalue weighted by Crippen LogP contribution is -2.43. The van der Waals surface area contributed by atoms with Crippen molar-refractivity contribution in [3.63, 3.8) is 0 Å². The van der Waals surface area contributed by atoms with Crippen LogP contribution in [0.5, 0.6) is 0 Å². The minimum absolute atomic E-state index is 0.0822. The van der Waals surface area contributed by atoms with Crippen LogP contribution in [0.3, 0.4) is 0 Å². The quantitative estimate of drug-likeness (QED) is 0.506. The van der Waals surface area contributed by atoms with Gasteiger partial charge in [-0.25, -0.2) is 0 Å². The van der Waals surface area contributed by atoms with Gasteiger partial charge in [0.1, 0.15) is 0 Å². The Kier molecular flexibility index (Phi) is 5.27. The summed E-state index contributed by atoms with van der Waals surface area (Å²) in [6, 6.07) is 12.4. The number of anilines is 1. The number of nitrogens with zero attached hydrogens (tertiary/aromatic N) is 1. The van der Waals surface area contributed by atoms with E-state index in [0.29, 0.717) is 39.2 Å². The van der Waals surface area contributed by atoms with Gasteiger partial charge in [0, 0.05) is 40.1 Å². The molecule has 2 aromatic carbocycles. The molecule has 2 aliphatic rings. The fraction of sp³-hybridized carbons (Fsp3) is 0.304. The molecule has 1 aliphatic carbocycles. The predicted molar refractivity (Wildman–Crippen MR) is 118 cm³/mol. The Morgan fingerprint density at radius 3 is 2.24 bits per heavy atom. The summed E-state index contributed by atoms with van der Waals surface area (Å²) >= 11 is 18.5. The molecule has 6 heteroatoms. The van der Waals surface area contributed by atoms with Crippen LogP contribution < -0.4 is 4.90 Å². The Bertz CT molecular complexity index is 1040. The van der Waals surface area contributed by atoms with Gasteiger partial charge in [-0.1, -0.05) is 60.8 Å². The number of carbonyl (C=O) groups excluding carboxylic acids is 2. The van der Waals surface area contributed by atoms with Crippen LogP contribution in [-0.4, -0.2) is 11.7 Å². The van der Waals surface area contributed by atoms with Crippen molar-refractivity contribution in [2.45, 2.75) is 39.0 Å². The molecule has 1 aliphatic heterocycles. The number of halogens is 3. The second-order valence-corrected chi connectivity index (χ2v) is 9.71. The average Bonchev–Trinajstić information content (AvgIpc) is 2.62. The number of hydrogen-bond acceptors (Lipinski definition) is 2. The SMILES string of the molecule is CC1(C)CC(=O)C2=C(C1)N(c1ccc(Cl)cc1Cl)C(=O)CC2c1ccc(Cl)cc1. The minimum atomic E-state index is -0.277. The molecule has 4 rings (SSSR count). The fourth-order valence-corrected chi connectivity index (χ4v) is 4.96. The van der Waals surface area contributed by atoms with Crippen LogP contribution >= 0.6 is 34.8 Å². The Hall–Kier alpha value is -1.81. The van der Waals surface area contributed by atoms with E-state index in [2.05, 4.69) is 0 Å². The Morgan fingerprint density at radius 1 is 0.931 bits per heavy atom. The molecule has 0 radical (unpaired) electrons. The summed E-state index contributed by atoms with van der Waals surface area (Å²) in [4.78, 5) is 28.2. The summed E-state index contributed by atoms with van der Waals surface area (Å²) in [6.07, 6.45) is 1.26. The first-order chi connectivity index (χ1) is 13.7. The fourth-order valence-electron chi connectivity index (χ4n) is 4.34. The summed E-state index contributed by atoms with van der Waals surface area (Å²) < 4.78 is 0. The van der Waals surface area contributed by atoms with Gasteiger partial charge in [0.15, 0.2) is 5.78 Å². The average molecular weight is 449 g/mol. The number of Topliss-reactive ketones (excluding diaryl/α,β-unsaturated/α-hetero) is 1. The van der Waals surface area contributed by atoms with Crippen LogP contribution in [0.1, 0.15) is 44.6 Å². The summed E-state index contributed by atoms with van der Waals surface area (Å²) in [7, 11) is 0. The topological polar surface area (TPSA) is 37.4 Å². The van der Waals surface area contributed by atoms with Crippen LogP contribution in [0.25, 0.3) is 0 Å². The Morgan fingerprint density at radius 2 is 1.59 bits per heavy atom. The summed E-state index contributed by atoms with van der Waals surface area (Å²) in [5, 5.41) is 1.51. The lowest BCUT2D eigenvalue weighted by molar-refractivity contribution is -0.121. The van der Waals surface area contributed by atoms with Crippen molar-refractivity contribution >= 4 is 52.2 Å². The standard InChI is InChI=1S/C23H20Cl3NO2/c1-23(2)11-19-22(20(28)12-23)16(13-3-5-14(24)6-4-13)10-21(29)27(19)18-8-7-15(25)9-17(18)26/h3-9,16H,10-12H2,1-2H3. The van der Waals surface area contributed by atoms with E-state index in [1.54, 1.807) is 35.2 Å². The maximum Gasteiger partial charge on any atom is 0.232 e. The molecule has 0 aromatic heterocycles. The first-order valence-electron chi connectivity index (χ1n) is 9.46. The number of ketones is 1. The Labute approximate surface area is 185 Å². The zero-order chi connectivity index (χ0) is 20.9. The number of allylic oxidation sites excluding steroid dienone is 2. The van der Waals surface area contributed by atoms with Gasteiger partial charge in [-0.2, -0.15) is 0 Å². The van der Waals surface area contributed by atoms with Crippen molar-refractivity contribution in [1.82, 2.24) is 0 Å². The van der Waals surface area contributed by atoms with E-state index in [4.69, 9.17) is 34.8 Å². The highest BCUT2D eigenvalue weighted by Crippen LogP contribution is 2.49. The lowest BCUT2D eigenvalue weighted by Gasteiger charge is -2.43. The molecule has 0 fully saturated rings. The maximum absolute atomic E-state index is 13.3. The zero-order valence-electron chi connectivity index (χ0n) is 16.1. The number of carbonyl (C=O) groups is 2. The van der Waals surface area contributed by atoms with Gasteiger partial charge in [-0.3, -0.25) is 14.5 Å². The van der Waals surface area contributed by atoms with Crippen molar-refractivity contribution in [3.05, 3.63) is 74.4 Å². The number of rotatable bonds is 2. The molecular weight excluding hydrogens is 429 g/mol. The summed E-state index contributed by atoms with van der Waals surface area (Å²) in [6.45, 7) is 4.10. The number of hydrogen-bond donors (Lipinski definition) is 0. The van der Waals surface area contributed by atoms with Gasteiger partial charge in [0.25, 0.3) is 0 Å². The molecule has 0 saturated heterocycles. The molecule has 2 aromatic rings.